The van der Waals surface area contributed by atoms with Gasteiger partial charge in [0.1, 0.15) is 18.1 Å². The molecule has 1 aromatic rings. The maximum atomic E-state index is 8.86. The van der Waals surface area contributed by atoms with Gasteiger partial charge in [-0.1, -0.05) is 6.92 Å². The Bertz CT molecular complexity index is 312. The fraction of sp³-hybridized carbons (Fsp3) is 0.692. The molecular formula is C13H24N2O2. The number of hydrogen-bond donors (Lipinski definition) is 2. The highest BCUT2D eigenvalue weighted by atomic mass is 16.4. The van der Waals surface area contributed by atoms with Crippen molar-refractivity contribution >= 4 is 0 Å². The van der Waals surface area contributed by atoms with Gasteiger partial charge in [-0.15, -0.1) is 0 Å². The number of furan rings is 1. The maximum absolute atomic E-state index is 8.86. The molecule has 0 aromatic carbocycles. The number of nitrogens with zero attached hydrogens (tertiary/aromatic N) is 1. The molecule has 0 fully saturated rings. The molecule has 0 radical (unpaired) electrons. The topological polar surface area (TPSA) is 48.6 Å². The lowest BCUT2D eigenvalue weighted by atomic mass is 10.2. The van der Waals surface area contributed by atoms with Crippen LogP contribution in [0.2, 0.25) is 0 Å². The van der Waals surface area contributed by atoms with E-state index < -0.39 is 0 Å². The maximum Gasteiger partial charge on any atom is 0.129 e. The quantitative estimate of drug-likeness (QED) is 0.678. The van der Waals surface area contributed by atoms with E-state index in [2.05, 4.69) is 31.1 Å². The van der Waals surface area contributed by atoms with Gasteiger partial charge in [0, 0.05) is 19.1 Å². The molecule has 2 N–H and O–H groups in total. The van der Waals surface area contributed by atoms with Crippen LogP contribution in [0.25, 0.3) is 0 Å². The molecule has 4 nitrogen and oxygen atoms in total. The van der Waals surface area contributed by atoms with E-state index in [0.717, 1.165) is 18.8 Å². The first kappa shape index (κ1) is 14.2. The Labute approximate surface area is 104 Å². The highest BCUT2D eigenvalue weighted by Crippen LogP contribution is 2.07. The predicted molar refractivity (Wildman–Crippen MR) is 68.7 cm³/mol. The van der Waals surface area contributed by atoms with Gasteiger partial charge >= 0.3 is 0 Å². The van der Waals surface area contributed by atoms with Gasteiger partial charge in [-0.05, 0) is 32.5 Å². The average Bonchev–Trinajstić information content (AvgIpc) is 2.81. The van der Waals surface area contributed by atoms with Crippen LogP contribution in [0.15, 0.2) is 16.5 Å². The lowest BCUT2D eigenvalue weighted by Crippen LogP contribution is -2.34. The van der Waals surface area contributed by atoms with E-state index in [1.807, 2.05) is 12.1 Å². The highest BCUT2D eigenvalue weighted by Gasteiger charge is 2.05. The Morgan fingerprint density at radius 3 is 2.71 bits per heavy atom. The number of likely N-dealkylation sites (N-methyl/N-ethyl adjacent to an activating group) is 1. The van der Waals surface area contributed by atoms with Gasteiger partial charge in [0.2, 0.25) is 0 Å². The summed E-state index contributed by atoms with van der Waals surface area (Å²) in [5.41, 5.74) is 0. The summed E-state index contributed by atoms with van der Waals surface area (Å²) in [6, 6.07) is 4.33. The molecule has 0 bridgehead atoms. The van der Waals surface area contributed by atoms with Gasteiger partial charge in [-0.2, -0.15) is 0 Å². The second-order valence-corrected chi connectivity index (χ2v) is 4.44. The number of rotatable bonds is 8. The molecule has 4 heteroatoms. The van der Waals surface area contributed by atoms with E-state index in [9.17, 15) is 0 Å². The van der Waals surface area contributed by atoms with E-state index in [-0.39, 0.29) is 6.61 Å². The van der Waals surface area contributed by atoms with Crippen LogP contribution in [0.3, 0.4) is 0 Å². The van der Waals surface area contributed by atoms with Crippen molar-refractivity contribution in [3.8, 4) is 0 Å². The van der Waals surface area contributed by atoms with E-state index in [0.29, 0.717) is 18.3 Å². The first-order valence-corrected chi connectivity index (χ1v) is 6.26. The molecule has 1 heterocycles. The van der Waals surface area contributed by atoms with E-state index in [1.54, 1.807) is 0 Å². The zero-order valence-corrected chi connectivity index (χ0v) is 11.1. The normalized spacial score (nSPS) is 13.2. The Morgan fingerprint density at radius 2 is 2.12 bits per heavy atom. The van der Waals surface area contributed by atoms with Crippen molar-refractivity contribution in [3.05, 3.63) is 23.7 Å². The summed E-state index contributed by atoms with van der Waals surface area (Å²) >= 11 is 0. The summed E-state index contributed by atoms with van der Waals surface area (Å²) < 4.78 is 5.38. The van der Waals surface area contributed by atoms with Crippen LogP contribution in [0.5, 0.6) is 0 Å². The molecule has 0 aliphatic heterocycles. The SMILES string of the molecule is CCC(C)N(C)CCNCc1ccc(CO)o1. The van der Waals surface area contributed by atoms with Crippen LogP contribution < -0.4 is 5.32 Å². The minimum absolute atomic E-state index is 0.0310. The van der Waals surface area contributed by atoms with Crippen LogP contribution in [-0.4, -0.2) is 36.2 Å². The molecule has 1 rings (SSSR count). The molecule has 0 spiro atoms. The van der Waals surface area contributed by atoms with Gasteiger partial charge in [-0.3, -0.25) is 0 Å². The van der Waals surface area contributed by atoms with Gasteiger partial charge < -0.3 is 19.7 Å². The van der Waals surface area contributed by atoms with Crippen molar-refractivity contribution in [2.75, 3.05) is 20.1 Å². The number of hydrogen-bond acceptors (Lipinski definition) is 4. The summed E-state index contributed by atoms with van der Waals surface area (Å²) in [4.78, 5) is 2.34. The van der Waals surface area contributed by atoms with Crippen molar-refractivity contribution < 1.29 is 9.52 Å². The van der Waals surface area contributed by atoms with Crippen molar-refractivity contribution in [1.29, 1.82) is 0 Å². The summed E-state index contributed by atoms with van der Waals surface area (Å²) in [7, 11) is 2.15. The van der Waals surface area contributed by atoms with E-state index in [1.165, 1.54) is 6.42 Å². The molecule has 17 heavy (non-hydrogen) atoms. The largest absolute Gasteiger partial charge is 0.462 e. The van der Waals surface area contributed by atoms with Gasteiger partial charge in [0.25, 0.3) is 0 Å². The molecule has 98 valence electrons. The molecule has 0 amide bonds. The van der Waals surface area contributed by atoms with E-state index >= 15 is 0 Å². The first-order valence-electron chi connectivity index (χ1n) is 6.26. The summed E-state index contributed by atoms with van der Waals surface area (Å²) in [6.07, 6.45) is 1.18. The highest BCUT2D eigenvalue weighted by molar-refractivity contribution is 5.05. The fourth-order valence-electron chi connectivity index (χ4n) is 1.60. The number of nitrogens with one attached hydrogen (secondary N) is 1. The van der Waals surface area contributed by atoms with Crippen LogP contribution in [0, 0.1) is 0 Å². The van der Waals surface area contributed by atoms with Crippen LogP contribution in [0.4, 0.5) is 0 Å². The smallest absolute Gasteiger partial charge is 0.129 e. The average molecular weight is 240 g/mol. The van der Waals surface area contributed by atoms with Crippen molar-refractivity contribution in [3.63, 3.8) is 0 Å². The molecule has 0 aliphatic carbocycles. The third-order valence-electron chi connectivity index (χ3n) is 3.16. The second-order valence-electron chi connectivity index (χ2n) is 4.44. The molecule has 1 aromatic heterocycles. The summed E-state index contributed by atoms with van der Waals surface area (Å²) in [6.45, 7) is 7.09. The minimum Gasteiger partial charge on any atom is -0.462 e. The minimum atomic E-state index is -0.0310. The van der Waals surface area contributed by atoms with Crippen LogP contribution in [-0.2, 0) is 13.2 Å². The fourth-order valence-corrected chi connectivity index (χ4v) is 1.60. The Balaban J connectivity index is 2.15. The zero-order valence-electron chi connectivity index (χ0n) is 11.1. The number of aliphatic hydroxyl groups is 1. The van der Waals surface area contributed by atoms with Crippen LogP contribution >= 0.6 is 0 Å². The van der Waals surface area contributed by atoms with Crippen LogP contribution in [0.1, 0.15) is 31.8 Å². The molecule has 1 atom stereocenters. The third kappa shape index (κ3) is 4.89. The molecule has 0 saturated carbocycles. The Hall–Kier alpha value is -0.840. The van der Waals surface area contributed by atoms with Crippen molar-refractivity contribution in [2.45, 2.75) is 39.5 Å². The Morgan fingerprint density at radius 1 is 1.41 bits per heavy atom. The van der Waals surface area contributed by atoms with E-state index in [4.69, 9.17) is 9.52 Å². The standard InChI is InChI=1S/C13H24N2O2/c1-4-11(2)15(3)8-7-14-9-12-5-6-13(10-16)17-12/h5-6,11,14,16H,4,7-10H2,1-3H3. The molecule has 1 unspecified atom stereocenters. The summed E-state index contributed by atoms with van der Waals surface area (Å²) in [5.74, 6) is 1.50. The molecule has 0 aliphatic rings. The van der Waals surface area contributed by atoms with Gasteiger partial charge in [0.05, 0.1) is 6.54 Å². The first-order chi connectivity index (χ1) is 8.17. The van der Waals surface area contributed by atoms with Crippen molar-refractivity contribution in [1.82, 2.24) is 10.2 Å². The lowest BCUT2D eigenvalue weighted by molar-refractivity contribution is 0.240. The third-order valence-corrected chi connectivity index (χ3v) is 3.16. The predicted octanol–water partition coefficient (Wildman–Crippen LogP) is 1.59. The lowest BCUT2D eigenvalue weighted by Gasteiger charge is -2.23. The Kier molecular flexibility index (Phi) is 6.26. The van der Waals surface area contributed by atoms with Gasteiger partial charge in [0.15, 0.2) is 0 Å². The number of aliphatic hydroxyl groups excluding tert-OH is 1. The van der Waals surface area contributed by atoms with Crippen molar-refractivity contribution in [2.24, 2.45) is 0 Å². The second kappa shape index (κ2) is 7.48. The molecule has 0 saturated heterocycles. The zero-order chi connectivity index (χ0) is 12.7. The monoisotopic (exact) mass is 240 g/mol. The van der Waals surface area contributed by atoms with Gasteiger partial charge in [-0.25, -0.2) is 0 Å². The summed E-state index contributed by atoms with van der Waals surface area (Å²) in [5, 5.41) is 12.2. The molecular weight excluding hydrogens is 216 g/mol.